The number of aromatic nitrogens is 1. The Morgan fingerprint density at radius 1 is 1.45 bits per heavy atom. The molecule has 8 heteroatoms. The number of carbonyl (C=O) groups is 1. The molecule has 5 nitrogen and oxygen atoms in total. The topological polar surface area (TPSA) is 85.1 Å². The molecule has 1 heterocycles. The van der Waals surface area contributed by atoms with Gasteiger partial charge in [-0.1, -0.05) is 12.1 Å². The normalized spacial score (nSPS) is 11.5. The Hall–Kier alpha value is -1.28. The van der Waals surface area contributed by atoms with Crippen LogP contribution in [0.3, 0.4) is 0 Å². The van der Waals surface area contributed by atoms with Crippen LogP contribution in [0.15, 0.2) is 29.6 Å². The molecular weight excluding hydrogens is 342 g/mol. The van der Waals surface area contributed by atoms with E-state index in [1.54, 1.807) is 17.7 Å². The number of nitrogens with two attached hydrogens (primary N) is 1. The summed E-state index contributed by atoms with van der Waals surface area (Å²) in [5, 5.41) is 5.39. The van der Waals surface area contributed by atoms with E-state index in [0.717, 1.165) is 10.6 Å². The molecule has 0 aliphatic carbocycles. The molecule has 0 bridgehead atoms. The number of hydrogen-bond acceptors (Lipinski definition) is 5. The van der Waals surface area contributed by atoms with Gasteiger partial charge in [-0.3, -0.25) is 9.00 Å². The van der Waals surface area contributed by atoms with Crippen LogP contribution in [-0.4, -0.2) is 27.9 Å². The van der Waals surface area contributed by atoms with Crippen LogP contribution in [0.1, 0.15) is 21.1 Å². The first kappa shape index (κ1) is 18.8. The van der Waals surface area contributed by atoms with Crippen LogP contribution in [0, 0.1) is 0 Å². The molecule has 1 atom stereocenters. The van der Waals surface area contributed by atoms with Crippen molar-refractivity contribution >= 4 is 46.1 Å². The van der Waals surface area contributed by atoms with Crippen LogP contribution in [0.5, 0.6) is 0 Å². The summed E-state index contributed by atoms with van der Waals surface area (Å²) in [6.45, 7) is 0.519. The van der Waals surface area contributed by atoms with Gasteiger partial charge < -0.3 is 11.1 Å². The summed E-state index contributed by atoms with van der Waals surface area (Å²) < 4.78 is 11.2. The number of anilines is 1. The van der Waals surface area contributed by atoms with Gasteiger partial charge in [-0.2, -0.15) is 0 Å². The molecule has 0 aliphatic rings. The lowest BCUT2D eigenvalue weighted by Crippen LogP contribution is -2.13. The van der Waals surface area contributed by atoms with Crippen molar-refractivity contribution in [3.05, 3.63) is 45.9 Å². The summed E-state index contributed by atoms with van der Waals surface area (Å²) in [6, 6.07) is 7.34. The number of halogens is 1. The minimum atomic E-state index is -0.908. The van der Waals surface area contributed by atoms with Gasteiger partial charge in [0.1, 0.15) is 5.69 Å². The first-order valence-corrected chi connectivity index (χ1v) is 9.04. The summed E-state index contributed by atoms with van der Waals surface area (Å²) in [5.41, 5.74) is 7.47. The lowest BCUT2D eigenvalue weighted by Gasteiger charge is -2.05. The van der Waals surface area contributed by atoms with Crippen molar-refractivity contribution in [2.45, 2.75) is 12.2 Å². The zero-order valence-corrected chi connectivity index (χ0v) is 14.5. The van der Waals surface area contributed by atoms with Crippen LogP contribution in [0.4, 0.5) is 5.69 Å². The molecule has 1 aromatic heterocycles. The molecule has 0 spiro atoms. The quantitative estimate of drug-likeness (QED) is 0.827. The fourth-order valence-corrected chi connectivity index (χ4v) is 3.27. The van der Waals surface area contributed by atoms with E-state index >= 15 is 0 Å². The number of thiazole rings is 1. The second-order valence-corrected chi connectivity index (χ2v) is 6.91. The smallest absolute Gasteiger partial charge is 0.275 e. The Labute approximate surface area is 142 Å². The van der Waals surface area contributed by atoms with E-state index in [4.69, 9.17) is 5.73 Å². The van der Waals surface area contributed by atoms with E-state index in [1.807, 2.05) is 18.2 Å². The summed E-state index contributed by atoms with van der Waals surface area (Å²) >= 11 is 1.43. The van der Waals surface area contributed by atoms with Crippen molar-refractivity contribution in [3.8, 4) is 0 Å². The van der Waals surface area contributed by atoms with Crippen molar-refractivity contribution in [3.63, 3.8) is 0 Å². The second-order valence-electron chi connectivity index (χ2n) is 4.54. The van der Waals surface area contributed by atoms with Gasteiger partial charge >= 0.3 is 0 Å². The van der Waals surface area contributed by atoms with Gasteiger partial charge in [-0.25, -0.2) is 4.98 Å². The van der Waals surface area contributed by atoms with Crippen LogP contribution in [0.2, 0.25) is 0 Å². The number of rotatable bonds is 6. The number of amides is 1. The molecule has 120 valence electrons. The number of nitrogens with one attached hydrogen (secondary N) is 1. The highest BCUT2D eigenvalue weighted by Crippen LogP contribution is 2.15. The maximum Gasteiger partial charge on any atom is 0.275 e. The minimum absolute atomic E-state index is 0. The predicted molar refractivity (Wildman–Crippen MR) is 94.3 cm³/mol. The standard InChI is InChI=1S/C14H17N3O2S2.ClH/c1-21(19)9-10-3-2-4-11(7-10)16-14(18)12-8-20-13(17-12)5-6-15;/h2-4,7-8H,5-6,9,15H2,1H3,(H,16,18);1H. The Kier molecular flexibility index (Phi) is 7.67. The van der Waals surface area contributed by atoms with Gasteiger partial charge in [0.25, 0.3) is 5.91 Å². The monoisotopic (exact) mass is 359 g/mol. The molecule has 2 rings (SSSR count). The number of hydrogen-bond donors (Lipinski definition) is 2. The fourth-order valence-electron chi connectivity index (χ4n) is 1.82. The molecule has 0 saturated heterocycles. The van der Waals surface area contributed by atoms with Crippen LogP contribution >= 0.6 is 23.7 Å². The maximum atomic E-state index is 12.1. The summed E-state index contributed by atoms with van der Waals surface area (Å²) in [7, 11) is -0.908. The fraction of sp³-hybridized carbons (Fsp3) is 0.286. The minimum Gasteiger partial charge on any atom is -0.330 e. The van der Waals surface area contributed by atoms with Crippen molar-refractivity contribution < 1.29 is 9.00 Å². The highest BCUT2D eigenvalue weighted by atomic mass is 35.5. The third kappa shape index (κ3) is 5.49. The summed E-state index contributed by atoms with van der Waals surface area (Å²) in [6.07, 6.45) is 2.33. The molecule has 0 radical (unpaired) electrons. The lowest BCUT2D eigenvalue weighted by atomic mass is 10.2. The van der Waals surface area contributed by atoms with Crippen LogP contribution in [0.25, 0.3) is 0 Å². The number of carbonyl (C=O) groups excluding carboxylic acids is 1. The van der Waals surface area contributed by atoms with Crippen molar-refractivity contribution in [1.29, 1.82) is 0 Å². The van der Waals surface area contributed by atoms with Gasteiger partial charge in [0, 0.05) is 40.3 Å². The SMILES string of the molecule is CS(=O)Cc1cccc(NC(=O)c2csc(CCN)n2)c1.Cl. The molecule has 22 heavy (non-hydrogen) atoms. The van der Waals surface area contributed by atoms with E-state index in [2.05, 4.69) is 10.3 Å². The molecule has 1 aromatic carbocycles. The van der Waals surface area contributed by atoms with Crippen LogP contribution < -0.4 is 11.1 Å². The van der Waals surface area contributed by atoms with E-state index in [-0.39, 0.29) is 18.3 Å². The highest BCUT2D eigenvalue weighted by Gasteiger charge is 2.11. The summed E-state index contributed by atoms with van der Waals surface area (Å²) in [5.74, 6) is 0.227. The van der Waals surface area contributed by atoms with Gasteiger partial charge in [0.05, 0.1) is 5.01 Å². The predicted octanol–water partition coefficient (Wildman–Crippen LogP) is 2.20. The average Bonchev–Trinajstić information content (AvgIpc) is 2.87. The molecule has 0 fully saturated rings. The first-order valence-electron chi connectivity index (χ1n) is 6.43. The third-order valence-electron chi connectivity index (χ3n) is 2.70. The molecule has 1 unspecified atom stereocenters. The average molecular weight is 360 g/mol. The van der Waals surface area contributed by atoms with E-state index in [1.165, 1.54) is 11.3 Å². The second kappa shape index (κ2) is 8.99. The Balaban J connectivity index is 0.00000242. The molecule has 0 aliphatic heterocycles. The van der Waals surface area contributed by atoms with Crippen molar-refractivity contribution in [2.75, 3.05) is 18.1 Å². The summed E-state index contributed by atoms with van der Waals surface area (Å²) in [4.78, 5) is 16.4. The molecular formula is C14H18ClN3O2S2. The van der Waals surface area contributed by atoms with Crippen LogP contribution in [-0.2, 0) is 23.0 Å². The third-order valence-corrected chi connectivity index (χ3v) is 4.35. The van der Waals surface area contributed by atoms with Crippen molar-refractivity contribution in [2.24, 2.45) is 5.73 Å². The molecule has 2 aromatic rings. The van der Waals surface area contributed by atoms with Gasteiger partial charge in [0.15, 0.2) is 0 Å². The van der Waals surface area contributed by atoms with Gasteiger partial charge in [0.2, 0.25) is 0 Å². The Bertz CT molecular complexity index is 661. The highest BCUT2D eigenvalue weighted by molar-refractivity contribution is 7.83. The van der Waals surface area contributed by atoms with Gasteiger partial charge in [-0.15, -0.1) is 23.7 Å². The molecule has 0 saturated carbocycles. The number of nitrogens with zero attached hydrogens (tertiary/aromatic N) is 1. The van der Waals surface area contributed by atoms with Crippen molar-refractivity contribution in [1.82, 2.24) is 4.98 Å². The van der Waals surface area contributed by atoms with E-state index < -0.39 is 10.8 Å². The van der Waals surface area contributed by atoms with E-state index in [0.29, 0.717) is 30.1 Å². The van der Waals surface area contributed by atoms with E-state index in [9.17, 15) is 9.00 Å². The largest absolute Gasteiger partial charge is 0.330 e. The zero-order chi connectivity index (χ0) is 15.2. The lowest BCUT2D eigenvalue weighted by molar-refractivity contribution is 0.102. The zero-order valence-electron chi connectivity index (χ0n) is 12.1. The molecule has 3 N–H and O–H groups in total. The molecule has 1 amide bonds. The Morgan fingerprint density at radius 2 is 2.23 bits per heavy atom. The Morgan fingerprint density at radius 3 is 2.91 bits per heavy atom. The van der Waals surface area contributed by atoms with Gasteiger partial charge in [-0.05, 0) is 24.2 Å². The first-order chi connectivity index (χ1) is 10.1. The number of benzene rings is 1. The maximum absolute atomic E-state index is 12.1.